The lowest BCUT2D eigenvalue weighted by Crippen LogP contribution is -2.31. The van der Waals surface area contributed by atoms with Gasteiger partial charge in [0.2, 0.25) is 0 Å². The van der Waals surface area contributed by atoms with Crippen LogP contribution in [-0.2, 0) is 16.1 Å². The third kappa shape index (κ3) is 4.28. The minimum atomic E-state index is -1.07. The van der Waals surface area contributed by atoms with Crippen LogP contribution in [0.25, 0.3) is 0 Å². The molecule has 2 aromatic rings. The fourth-order valence-corrected chi connectivity index (χ4v) is 1.86. The van der Waals surface area contributed by atoms with Crippen LogP contribution in [0, 0.1) is 6.92 Å². The molecule has 2 heterocycles. The second kappa shape index (κ2) is 7.53. The molecule has 1 N–H and O–H groups in total. The summed E-state index contributed by atoms with van der Waals surface area (Å²) in [7, 11) is 0. The first-order valence-corrected chi connectivity index (χ1v) is 7.44. The van der Waals surface area contributed by atoms with Crippen LogP contribution in [0.4, 0.5) is 5.82 Å². The summed E-state index contributed by atoms with van der Waals surface area (Å²) in [5.41, 5.74) is -0.347. The molecule has 0 fully saturated rings. The van der Waals surface area contributed by atoms with Crippen LogP contribution in [0.1, 0.15) is 36.5 Å². The van der Waals surface area contributed by atoms with Gasteiger partial charge >= 0.3 is 5.97 Å². The van der Waals surface area contributed by atoms with Crippen molar-refractivity contribution < 1.29 is 18.8 Å². The van der Waals surface area contributed by atoms with Gasteiger partial charge in [0.25, 0.3) is 11.5 Å². The average molecular weight is 334 g/mol. The Balaban J connectivity index is 2.01. The normalized spacial score (nSPS) is 11.8. The molecule has 1 unspecified atom stereocenters. The first-order chi connectivity index (χ1) is 11.4. The summed E-state index contributed by atoms with van der Waals surface area (Å²) in [5, 5.41) is 10.0. The molecule has 9 heteroatoms. The number of ether oxygens (including phenoxy) is 1. The second-order valence-electron chi connectivity index (χ2n) is 5.14. The number of carbonyl (C=O) groups excluding carboxylic acids is 2. The maximum Gasteiger partial charge on any atom is 0.359 e. The number of rotatable bonds is 6. The van der Waals surface area contributed by atoms with Crippen molar-refractivity contribution in [3.8, 4) is 0 Å². The molecule has 24 heavy (non-hydrogen) atoms. The number of nitrogens with one attached hydrogen (secondary N) is 1. The molecular formula is C15H18N4O5. The smallest absolute Gasteiger partial charge is 0.359 e. The van der Waals surface area contributed by atoms with Gasteiger partial charge in [-0.3, -0.25) is 9.59 Å². The topological polar surface area (TPSA) is 116 Å². The number of aromatic nitrogens is 3. The van der Waals surface area contributed by atoms with Crippen LogP contribution in [0.15, 0.2) is 27.5 Å². The predicted octanol–water partition coefficient (Wildman–Crippen LogP) is 1.13. The van der Waals surface area contributed by atoms with Crippen LogP contribution in [0.2, 0.25) is 0 Å². The van der Waals surface area contributed by atoms with Crippen LogP contribution < -0.4 is 10.9 Å². The molecule has 1 amide bonds. The Labute approximate surface area is 137 Å². The Bertz CT molecular complexity index is 795. The van der Waals surface area contributed by atoms with Gasteiger partial charge in [0.05, 0.1) is 0 Å². The van der Waals surface area contributed by atoms with Crippen LogP contribution in [0.5, 0.6) is 0 Å². The van der Waals surface area contributed by atoms with Crippen molar-refractivity contribution in [2.45, 2.75) is 39.8 Å². The highest BCUT2D eigenvalue weighted by Crippen LogP contribution is 2.08. The monoisotopic (exact) mass is 334 g/mol. The van der Waals surface area contributed by atoms with E-state index in [1.807, 2.05) is 6.92 Å². The third-order valence-corrected chi connectivity index (χ3v) is 3.04. The van der Waals surface area contributed by atoms with Crippen molar-refractivity contribution in [1.82, 2.24) is 14.9 Å². The minimum Gasteiger partial charge on any atom is -0.448 e. The largest absolute Gasteiger partial charge is 0.448 e. The maximum absolute atomic E-state index is 12.1. The molecule has 0 aliphatic carbocycles. The summed E-state index contributed by atoms with van der Waals surface area (Å²) in [6.07, 6.45) is -0.371. The van der Waals surface area contributed by atoms with Crippen molar-refractivity contribution >= 4 is 17.7 Å². The maximum atomic E-state index is 12.1. The fraction of sp³-hybridized carbons (Fsp3) is 0.400. The molecule has 1 atom stereocenters. The predicted molar refractivity (Wildman–Crippen MR) is 83.5 cm³/mol. The summed E-state index contributed by atoms with van der Waals surface area (Å²) in [4.78, 5) is 35.6. The Kier molecular flexibility index (Phi) is 5.46. The van der Waals surface area contributed by atoms with Crippen molar-refractivity contribution in [2.75, 3.05) is 5.32 Å². The van der Waals surface area contributed by atoms with Crippen LogP contribution >= 0.6 is 0 Å². The van der Waals surface area contributed by atoms with Gasteiger partial charge in [0.1, 0.15) is 5.76 Å². The van der Waals surface area contributed by atoms with E-state index in [9.17, 15) is 14.4 Å². The summed E-state index contributed by atoms with van der Waals surface area (Å²) in [5.74, 6) is -0.579. The standard InChI is InChI=1S/C15H18N4O5/c1-4-7-19-13(20)6-5-11(17-19)15(22)23-10(3)14(21)16-12-8-9(2)24-18-12/h5-6,8,10H,4,7H2,1-3H3,(H,16,18,21). The molecule has 0 radical (unpaired) electrons. The molecule has 0 aliphatic heterocycles. The van der Waals surface area contributed by atoms with Crippen LogP contribution in [0.3, 0.4) is 0 Å². The van der Waals surface area contributed by atoms with E-state index in [0.717, 1.165) is 0 Å². The molecule has 0 bridgehead atoms. The quantitative estimate of drug-likeness (QED) is 0.787. The SMILES string of the molecule is CCCn1nc(C(=O)OC(C)C(=O)Nc2cc(C)on2)ccc1=O. The van der Waals surface area contributed by atoms with E-state index in [-0.39, 0.29) is 17.1 Å². The lowest BCUT2D eigenvalue weighted by molar-refractivity contribution is -0.123. The van der Waals surface area contributed by atoms with E-state index in [0.29, 0.717) is 18.7 Å². The van der Waals surface area contributed by atoms with E-state index in [2.05, 4.69) is 15.6 Å². The number of carbonyl (C=O) groups is 2. The summed E-state index contributed by atoms with van der Waals surface area (Å²) in [6, 6.07) is 4.04. The first kappa shape index (κ1) is 17.4. The number of hydrogen-bond acceptors (Lipinski definition) is 7. The van der Waals surface area contributed by atoms with Gasteiger partial charge in [-0.2, -0.15) is 5.10 Å². The summed E-state index contributed by atoms with van der Waals surface area (Å²) < 4.78 is 11.1. The average Bonchev–Trinajstić information content (AvgIpc) is 2.94. The molecule has 0 aromatic carbocycles. The van der Waals surface area contributed by atoms with E-state index < -0.39 is 18.0 Å². The number of aryl methyl sites for hydroxylation is 2. The third-order valence-electron chi connectivity index (χ3n) is 3.04. The molecule has 2 aromatic heterocycles. The number of hydrogen-bond donors (Lipinski definition) is 1. The number of amides is 1. The van der Waals surface area contributed by atoms with Crippen molar-refractivity contribution in [3.05, 3.63) is 40.0 Å². The van der Waals surface area contributed by atoms with Crippen molar-refractivity contribution in [3.63, 3.8) is 0 Å². The van der Waals surface area contributed by atoms with Gasteiger partial charge < -0.3 is 14.6 Å². The Morgan fingerprint density at radius 1 is 1.42 bits per heavy atom. The van der Waals surface area contributed by atoms with E-state index in [1.54, 1.807) is 6.92 Å². The van der Waals surface area contributed by atoms with Gasteiger partial charge in [-0.15, -0.1) is 0 Å². The molecule has 9 nitrogen and oxygen atoms in total. The van der Waals surface area contributed by atoms with Gasteiger partial charge in [-0.05, 0) is 26.3 Å². The molecule has 0 spiro atoms. The highest BCUT2D eigenvalue weighted by atomic mass is 16.5. The fourth-order valence-electron chi connectivity index (χ4n) is 1.86. The number of anilines is 1. The van der Waals surface area contributed by atoms with Crippen molar-refractivity contribution in [2.24, 2.45) is 0 Å². The highest BCUT2D eigenvalue weighted by Gasteiger charge is 2.21. The van der Waals surface area contributed by atoms with E-state index in [4.69, 9.17) is 9.26 Å². The zero-order valence-corrected chi connectivity index (χ0v) is 13.6. The zero-order valence-electron chi connectivity index (χ0n) is 13.6. The van der Waals surface area contributed by atoms with Crippen molar-refractivity contribution in [1.29, 1.82) is 0 Å². The van der Waals surface area contributed by atoms with Gasteiger partial charge in [0.15, 0.2) is 17.6 Å². The minimum absolute atomic E-state index is 0.0417. The molecule has 0 aliphatic rings. The zero-order chi connectivity index (χ0) is 17.7. The molecule has 128 valence electrons. The lowest BCUT2D eigenvalue weighted by atomic mass is 10.3. The number of nitrogens with zero attached hydrogens (tertiary/aromatic N) is 3. The second-order valence-corrected chi connectivity index (χ2v) is 5.14. The summed E-state index contributed by atoms with van der Waals surface area (Å²) in [6.45, 7) is 5.38. The van der Waals surface area contributed by atoms with E-state index >= 15 is 0 Å². The van der Waals surface area contributed by atoms with Gasteiger partial charge in [-0.25, -0.2) is 9.48 Å². The Morgan fingerprint density at radius 3 is 2.79 bits per heavy atom. The molecule has 0 saturated carbocycles. The summed E-state index contributed by atoms with van der Waals surface area (Å²) >= 11 is 0. The number of esters is 1. The highest BCUT2D eigenvalue weighted by molar-refractivity contribution is 5.96. The molecule has 0 saturated heterocycles. The molecular weight excluding hydrogens is 316 g/mol. The van der Waals surface area contributed by atoms with E-state index in [1.165, 1.54) is 29.8 Å². The Morgan fingerprint density at radius 2 is 2.17 bits per heavy atom. The van der Waals surface area contributed by atoms with Gasteiger partial charge in [0, 0.05) is 18.7 Å². The lowest BCUT2D eigenvalue weighted by Gasteiger charge is -2.12. The van der Waals surface area contributed by atoms with Crippen LogP contribution in [-0.4, -0.2) is 32.9 Å². The molecule has 2 rings (SSSR count). The van der Waals surface area contributed by atoms with Gasteiger partial charge in [-0.1, -0.05) is 12.1 Å². The Hall–Kier alpha value is -2.97. The first-order valence-electron chi connectivity index (χ1n) is 7.44.